The van der Waals surface area contributed by atoms with Gasteiger partial charge in [0.2, 0.25) is 21.8 Å². The molecule has 2 aromatic rings. The molecule has 1 N–H and O–H groups in total. The second-order valence-electron chi connectivity index (χ2n) is 8.18. The largest absolute Gasteiger partial charge is 0.354 e. The van der Waals surface area contributed by atoms with Gasteiger partial charge in [-0.1, -0.05) is 54.7 Å². The Balaban J connectivity index is 2.37. The van der Waals surface area contributed by atoms with Crippen LogP contribution in [0.4, 0.5) is 5.69 Å². The van der Waals surface area contributed by atoms with E-state index in [1.807, 2.05) is 6.92 Å². The van der Waals surface area contributed by atoms with Crippen LogP contribution in [-0.2, 0) is 26.2 Å². The lowest BCUT2D eigenvalue weighted by Gasteiger charge is -2.31. The summed E-state index contributed by atoms with van der Waals surface area (Å²) in [6, 6.07) is 10.9. The van der Waals surface area contributed by atoms with Crippen LogP contribution in [0.5, 0.6) is 0 Å². The van der Waals surface area contributed by atoms with Gasteiger partial charge in [-0.3, -0.25) is 13.9 Å². The minimum atomic E-state index is -3.81. The number of anilines is 1. The quantitative estimate of drug-likeness (QED) is 0.438. The summed E-state index contributed by atoms with van der Waals surface area (Å²) < 4.78 is 26.2. The topological polar surface area (TPSA) is 86.8 Å². The van der Waals surface area contributed by atoms with Crippen LogP contribution in [0.25, 0.3) is 0 Å². The first-order valence-corrected chi connectivity index (χ1v) is 13.6. The molecule has 0 heterocycles. The zero-order valence-corrected chi connectivity index (χ0v) is 22.2. The van der Waals surface area contributed by atoms with Crippen molar-refractivity contribution in [3.8, 4) is 0 Å². The average Bonchev–Trinajstić information content (AvgIpc) is 2.76. The van der Waals surface area contributed by atoms with Gasteiger partial charge in [0.15, 0.2) is 0 Å². The van der Waals surface area contributed by atoms with Gasteiger partial charge in [-0.2, -0.15) is 0 Å². The smallest absolute Gasteiger partial charge is 0.244 e. The molecule has 0 bridgehead atoms. The maximum absolute atomic E-state index is 13.5. The Hall–Kier alpha value is -2.29. The number of sulfonamides is 1. The lowest BCUT2D eigenvalue weighted by Crippen LogP contribution is -2.51. The number of carbonyl (C=O) groups excluding carboxylic acids is 2. The number of carbonyl (C=O) groups is 2. The summed E-state index contributed by atoms with van der Waals surface area (Å²) in [5.74, 6) is -0.839. The highest BCUT2D eigenvalue weighted by molar-refractivity contribution is 7.92. The molecular weight excluding hydrogens is 497 g/mol. The number of nitrogens with zero attached hydrogens (tertiary/aromatic N) is 2. The summed E-state index contributed by atoms with van der Waals surface area (Å²) in [6.07, 6.45) is 2.76. The molecule has 0 aliphatic rings. The monoisotopic (exact) mass is 527 g/mol. The molecule has 0 aliphatic carbocycles. The summed E-state index contributed by atoms with van der Waals surface area (Å²) >= 11 is 12.3. The van der Waals surface area contributed by atoms with Crippen LogP contribution in [0, 0.1) is 6.92 Å². The average molecular weight is 529 g/mol. The van der Waals surface area contributed by atoms with Crippen LogP contribution >= 0.6 is 23.2 Å². The molecule has 0 radical (unpaired) electrons. The second kappa shape index (κ2) is 12.4. The van der Waals surface area contributed by atoms with Crippen LogP contribution in [0.3, 0.4) is 0 Å². The minimum Gasteiger partial charge on any atom is -0.354 e. The highest BCUT2D eigenvalue weighted by atomic mass is 35.5. The van der Waals surface area contributed by atoms with Gasteiger partial charge in [0.05, 0.1) is 11.9 Å². The molecular formula is C24H31Cl2N3O4S. The number of aryl methyl sites for hydroxylation is 1. The van der Waals surface area contributed by atoms with Gasteiger partial charge in [-0.15, -0.1) is 0 Å². The number of unbranched alkanes of at least 4 members (excludes halogenated alkanes) is 1. The van der Waals surface area contributed by atoms with E-state index >= 15 is 0 Å². The summed E-state index contributed by atoms with van der Waals surface area (Å²) in [7, 11) is -3.81. The van der Waals surface area contributed by atoms with Gasteiger partial charge in [0.1, 0.15) is 12.6 Å². The van der Waals surface area contributed by atoms with Gasteiger partial charge in [-0.25, -0.2) is 8.42 Å². The molecule has 7 nitrogen and oxygen atoms in total. The Labute approximate surface area is 212 Å². The predicted molar refractivity (Wildman–Crippen MR) is 138 cm³/mol. The number of hydrogen-bond donors (Lipinski definition) is 1. The number of nitrogens with one attached hydrogen (secondary N) is 1. The summed E-state index contributed by atoms with van der Waals surface area (Å²) in [4.78, 5) is 27.6. The third-order valence-corrected chi connectivity index (χ3v) is 7.14. The van der Waals surface area contributed by atoms with E-state index in [0.29, 0.717) is 16.6 Å². The second-order valence-corrected chi connectivity index (χ2v) is 10.9. The maximum Gasteiger partial charge on any atom is 0.244 e. The zero-order chi connectivity index (χ0) is 25.5. The zero-order valence-electron chi connectivity index (χ0n) is 19.8. The van der Waals surface area contributed by atoms with Gasteiger partial charge in [-0.05, 0) is 55.7 Å². The molecule has 2 amide bonds. The lowest BCUT2D eigenvalue weighted by molar-refractivity contribution is -0.139. The SMILES string of the molecule is CCCCNC(=O)[C@@H](C)N(Cc1cccc(Cl)c1)C(=O)CN(c1ccc(C)c(Cl)c1)S(C)(=O)=O. The van der Waals surface area contributed by atoms with Crippen LogP contribution < -0.4 is 9.62 Å². The molecule has 2 rings (SSSR count). The molecule has 0 unspecified atom stereocenters. The van der Waals surface area contributed by atoms with E-state index in [2.05, 4.69) is 5.32 Å². The number of amides is 2. The normalized spacial score (nSPS) is 12.2. The van der Waals surface area contributed by atoms with Crippen molar-refractivity contribution in [1.29, 1.82) is 0 Å². The van der Waals surface area contributed by atoms with E-state index in [0.717, 1.165) is 34.5 Å². The van der Waals surface area contributed by atoms with Gasteiger partial charge >= 0.3 is 0 Å². The maximum atomic E-state index is 13.5. The molecule has 0 spiro atoms. The van der Waals surface area contributed by atoms with Crippen LogP contribution in [-0.4, -0.2) is 50.5 Å². The van der Waals surface area contributed by atoms with E-state index < -0.39 is 28.5 Å². The Morgan fingerprint density at radius 2 is 1.82 bits per heavy atom. The Bertz CT molecular complexity index is 1120. The van der Waals surface area contributed by atoms with Crippen molar-refractivity contribution in [3.63, 3.8) is 0 Å². The van der Waals surface area contributed by atoms with Crippen molar-refractivity contribution in [3.05, 3.63) is 63.6 Å². The molecule has 0 fully saturated rings. The van der Waals surface area contributed by atoms with E-state index in [4.69, 9.17) is 23.2 Å². The molecule has 0 aliphatic heterocycles. The van der Waals surface area contributed by atoms with Crippen LogP contribution in [0.15, 0.2) is 42.5 Å². The molecule has 0 saturated heterocycles. The molecule has 10 heteroatoms. The lowest BCUT2D eigenvalue weighted by atomic mass is 10.1. The highest BCUT2D eigenvalue weighted by Crippen LogP contribution is 2.25. The van der Waals surface area contributed by atoms with Crippen molar-refractivity contribution in [1.82, 2.24) is 10.2 Å². The van der Waals surface area contributed by atoms with Gasteiger partial charge < -0.3 is 10.2 Å². The molecule has 0 aromatic heterocycles. The number of halogens is 2. The van der Waals surface area contributed by atoms with E-state index in [9.17, 15) is 18.0 Å². The summed E-state index contributed by atoms with van der Waals surface area (Å²) in [5.41, 5.74) is 1.78. The minimum absolute atomic E-state index is 0.0913. The van der Waals surface area contributed by atoms with Crippen molar-refractivity contribution < 1.29 is 18.0 Å². The first kappa shape index (κ1) is 28.0. The number of hydrogen-bond acceptors (Lipinski definition) is 4. The molecule has 2 aromatic carbocycles. The fourth-order valence-corrected chi connectivity index (χ4v) is 4.53. The van der Waals surface area contributed by atoms with Crippen LogP contribution in [0.1, 0.15) is 37.8 Å². The van der Waals surface area contributed by atoms with E-state index in [1.54, 1.807) is 50.2 Å². The van der Waals surface area contributed by atoms with Crippen molar-refractivity contribution in [2.24, 2.45) is 0 Å². The highest BCUT2D eigenvalue weighted by Gasteiger charge is 2.30. The standard InChI is InChI=1S/C24H31Cl2N3O4S/c1-5-6-12-27-24(31)18(3)28(15-19-8-7-9-20(25)13-19)23(30)16-29(34(4,32)33)21-11-10-17(2)22(26)14-21/h7-11,13-14,18H,5-6,12,15-16H2,1-4H3,(H,27,31)/t18-/m1/s1. The third-order valence-electron chi connectivity index (χ3n) is 5.36. The van der Waals surface area contributed by atoms with Gasteiger partial charge in [0.25, 0.3) is 0 Å². The Morgan fingerprint density at radius 3 is 2.41 bits per heavy atom. The first-order chi connectivity index (χ1) is 15.9. The Kier molecular flexibility index (Phi) is 10.2. The fourth-order valence-electron chi connectivity index (χ4n) is 3.30. The molecule has 34 heavy (non-hydrogen) atoms. The first-order valence-electron chi connectivity index (χ1n) is 11.0. The van der Waals surface area contributed by atoms with Crippen molar-refractivity contribution >= 4 is 50.7 Å². The third kappa shape index (κ3) is 7.89. The molecule has 0 saturated carbocycles. The fraction of sp³-hybridized carbons (Fsp3) is 0.417. The number of benzene rings is 2. The predicted octanol–water partition coefficient (Wildman–Crippen LogP) is 4.40. The number of rotatable bonds is 11. The van der Waals surface area contributed by atoms with Crippen LogP contribution in [0.2, 0.25) is 10.0 Å². The Morgan fingerprint density at radius 1 is 1.12 bits per heavy atom. The van der Waals surface area contributed by atoms with E-state index in [-0.39, 0.29) is 18.1 Å². The van der Waals surface area contributed by atoms with Crippen molar-refractivity contribution in [2.75, 3.05) is 23.7 Å². The summed E-state index contributed by atoms with van der Waals surface area (Å²) in [5, 5.41) is 3.72. The van der Waals surface area contributed by atoms with Gasteiger partial charge in [0, 0.05) is 23.1 Å². The summed E-state index contributed by atoms with van der Waals surface area (Å²) in [6.45, 7) is 5.54. The molecule has 1 atom stereocenters. The van der Waals surface area contributed by atoms with Crippen molar-refractivity contribution in [2.45, 2.75) is 46.2 Å². The van der Waals surface area contributed by atoms with E-state index in [1.165, 1.54) is 11.0 Å². The molecule has 186 valence electrons.